The lowest BCUT2D eigenvalue weighted by Crippen LogP contribution is -2.17. The molecule has 1 aliphatic carbocycles. The van der Waals surface area contributed by atoms with Crippen LogP contribution in [-0.2, 0) is 9.53 Å². The van der Waals surface area contributed by atoms with Crippen molar-refractivity contribution < 1.29 is 20.5 Å². The van der Waals surface area contributed by atoms with Crippen LogP contribution in [0, 0.1) is 3.57 Å². The Morgan fingerprint density at radius 1 is 1.50 bits per heavy atom. The minimum Gasteiger partial charge on any atom is -0.463 e. The van der Waals surface area contributed by atoms with Crippen LogP contribution in [0.4, 0.5) is 5.69 Å². The summed E-state index contributed by atoms with van der Waals surface area (Å²) < 4.78 is 70.2. The van der Waals surface area contributed by atoms with Crippen LogP contribution >= 0.6 is 34.2 Å². The lowest BCUT2D eigenvalue weighted by atomic mass is 9.96. The van der Waals surface area contributed by atoms with Crippen LogP contribution in [0.2, 0.25) is 5.02 Å². The van der Waals surface area contributed by atoms with E-state index in [1.807, 2.05) is 22.6 Å². The number of benzene rings is 1. The maximum Gasteiger partial charge on any atom is 0.335 e. The smallest absolute Gasteiger partial charge is 0.335 e. The molecule has 0 unspecified atom stereocenters. The van der Waals surface area contributed by atoms with Crippen molar-refractivity contribution in [2.24, 2.45) is 0 Å². The van der Waals surface area contributed by atoms with E-state index in [-0.39, 0.29) is 12.3 Å². The van der Waals surface area contributed by atoms with Gasteiger partial charge in [-0.2, -0.15) is 0 Å². The summed E-state index contributed by atoms with van der Waals surface area (Å²) in [6.07, 6.45) is -12.9. The molecule has 0 saturated heterocycles. The Morgan fingerprint density at radius 2 is 2.25 bits per heavy atom. The quantitative estimate of drug-likeness (QED) is 0.572. The number of esters is 1. The summed E-state index contributed by atoms with van der Waals surface area (Å²) in [6, 6.07) is 4.48. The maximum absolute atomic E-state index is 12.5. The molecule has 0 spiro atoms. The molecule has 1 N–H and O–H groups in total. The predicted octanol–water partition coefficient (Wildman–Crippen LogP) is 4.75. The van der Waals surface area contributed by atoms with Gasteiger partial charge in [-0.15, -0.1) is 0 Å². The number of halogens is 2. The first kappa shape index (κ1) is 8.03. The van der Waals surface area contributed by atoms with Crippen molar-refractivity contribution in [2.45, 2.75) is 32.4 Å². The fraction of sp³-hybridized carbons (Fsp3) is 0.400. The lowest BCUT2D eigenvalue weighted by Gasteiger charge is -2.21. The molecule has 0 fully saturated rings. The van der Waals surface area contributed by atoms with Crippen LogP contribution < -0.4 is 5.32 Å². The Bertz CT molecular complexity index is 843. The normalized spacial score (nSPS) is 31.1. The summed E-state index contributed by atoms with van der Waals surface area (Å²) in [4.78, 5) is 12.5. The first-order chi connectivity index (χ1) is 12.6. The van der Waals surface area contributed by atoms with E-state index in [9.17, 15) is 4.79 Å². The van der Waals surface area contributed by atoms with Crippen LogP contribution in [0.25, 0.3) is 0 Å². The first-order valence-corrected chi connectivity index (χ1v) is 7.23. The number of nitrogens with one attached hydrogen (secondary N) is 1. The second-order valence-corrected chi connectivity index (χ2v) is 5.32. The zero-order valence-electron chi connectivity index (χ0n) is 18.5. The zero-order chi connectivity index (χ0) is 21.7. The van der Waals surface area contributed by atoms with Crippen molar-refractivity contribution >= 4 is 45.8 Å². The number of carbonyl (C=O) groups is 1. The highest BCUT2D eigenvalue weighted by Gasteiger charge is 2.20. The van der Waals surface area contributed by atoms with Gasteiger partial charge in [0, 0.05) is 25.3 Å². The molecule has 0 atom stereocenters. The number of hydrogen-bond donors (Lipinski definition) is 1. The Balaban J connectivity index is 2.83. The molecular weight excluding hydrogens is 389 g/mol. The fourth-order valence-corrected chi connectivity index (χ4v) is 2.49. The third kappa shape index (κ3) is 3.88. The number of carbonyl (C=O) groups excluding carboxylic acids is 1. The molecule has 1 aliphatic rings. The maximum atomic E-state index is 12.5. The van der Waals surface area contributed by atoms with Gasteiger partial charge in [0.1, 0.15) is 0 Å². The van der Waals surface area contributed by atoms with E-state index < -0.39 is 42.7 Å². The summed E-state index contributed by atoms with van der Waals surface area (Å²) in [5, 5.41) is 2.99. The average Bonchev–Trinajstić information content (AvgIpc) is 2.54. The third-order valence-electron chi connectivity index (χ3n) is 2.36. The number of anilines is 1. The van der Waals surface area contributed by atoms with Crippen molar-refractivity contribution in [3.8, 4) is 0 Å². The Labute approximate surface area is 149 Å². The number of rotatable bonds is 4. The van der Waals surface area contributed by atoms with E-state index in [2.05, 4.69) is 5.32 Å². The Hall–Kier alpha value is -0.750. The molecule has 108 valence electrons. The van der Waals surface area contributed by atoms with Crippen LogP contribution in [-0.4, -0.2) is 12.6 Å². The van der Waals surface area contributed by atoms with Crippen LogP contribution in [0.5, 0.6) is 0 Å². The minimum atomic E-state index is -3.36. The highest BCUT2D eigenvalue weighted by atomic mass is 127. The zero-order valence-corrected chi connectivity index (χ0v) is 13.4. The molecule has 5 heteroatoms. The molecule has 3 nitrogen and oxygen atoms in total. The molecule has 0 heterocycles. The van der Waals surface area contributed by atoms with Gasteiger partial charge in [-0.25, -0.2) is 4.79 Å². The topological polar surface area (TPSA) is 38.3 Å². The van der Waals surface area contributed by atoms with Crippen molar-refractivity contribution in [1.29, 1.82) is 0 Å². The molecule has 0 aliphatic heterocycles. The van der Waals surface area contributed by atoms with Gasteiger partial charge in [0.2, 0.25) is 0 Å². The van der Waals surface area contributed by atoms with E-state index in [4.69, 9.17) is 27.3 Å². The average molecular weight is 414 g/mol. The fourth-order valence-electron chi connectivity index (χ4n) is 1.49. The van der Waals surface area contributed by atoms with Crippen molar-refractivity contribution in [3.63, 3.8) is 0 Å². The molecule has 2 rings (SSSR count). The van der Waals surface area contributed by atoms with Gasteiger partial charge < -0.3 is 10.1 Å². The molecule has 0 amide bonds. The van der Waals surface area contributed by atoms with Gasteiger partial charge >= 0.3 is 5.97 Å². The molecule has 1 aromatic rings. The largest absolute Gasteiger partial charge is 0.463 e. The Kier molecular flexibility index (Phi) is 2.94. The summed E-state index contributed by atoms with van der Waals surface area (Å²) in [5.41, 5.74) is -1.40. The minimum absolute atomic E-state index is 0.150. The second kappa shape index (κ2) is 7.31. The van der Waals surface area contributed by atoms with Crippen molar-refractivity contribution in [1.82, 2.24) is 0 Å². The van der Waals surface area contributed by atoms with E-state index in [0.29, 0.717) is 8.59 Å². The summed E-state index contributed by atoms with van der Waals surface area (Å²) in [5.74, 6) is -1.26. The van der Waals surface area contributed by atoms with E-state index >= 15 is 0 Å². The van der Waals surface area contributed by atoms with Gasteiger partial charge in [-0.1, -0.05) is 11.6 Å². The first-order valence-electron chi connectivity index (χ1n) is 9.77. The van der Waals surface area contributed by atoms with Crippen molar-refractivity contribution in [2.75, 3.05) is 11.9 Å². The van der Waals surface area contributed by atoms with Gasteiger partial charge in [-0.05, 0) is 73.2 Å². The second-order valence-electron chi connectivity index (χ2n) is 3.72. The van der Waals surface area contributed by atoms with Gasteiger partial charge in [0.15, 0.2) is 0 Å². The molecule has 0 aromatic heterocycles. The monoisotopic (exact) mass is 413 g/mol. The standard InChI is InChI=1S/C15H17ClINO2/c1-2-20-15(19)11-5-3-4-6-13(11)18-14-8-7-10(16)9-12(14)17/h7-9,18H,2-6H2,1H3/i3D2,4D2,5D2,6D2. The molecule has 0 bridgehead atoms. The number of hydrogen-bond acceptors (Lipinski definition) is 3. The summed E-state index contributed by atoms with van der Waals surface area (Å²) in [7, 11) is 0. The van der Waals surface area contributed by atoms with Crippen molar-refractivity contribution in [3.05, 3.63) is 38.1 Å². The molecule has 0 radical (unpaired) electrons. The van der Waals surface area contributed by atoms with Gasteiger partial charge in [0.25, 0.3) is 0 Å². The summed E-state index contributed by atoms with van der Waals surface area (Å²) in [6.45, 7) is 1.32. The van der Waals surface area contributed by atoms with Crippen LogP contribution in [0.3, 0.4) is 0 Å². The highest BCUT2D eigenvalue weighted by molar-refractivity contribution is 14.1. The van der Waals surface area contributed by atoms with Gasteiger partial charge in [0.05, 0.1) is 17.9 Å². The Morgan fingerprint density at radius 3 is 2.95 bits per heavy atom. The van der Waals surface area contributed by atoms with E-state index in [1.165, 1.54) is 25.1 Å². The van der Waals surface area contributed by atoms with Crippen LogP contribution in [0.15, 0.2) is 29.5 Å². The van der Waals surface area contributed by atoms with E-state index in [0.717, 1.165) is 0 Å². The van der Waals surface area contributed by atoms with Crippen LogP contribution in [0.1, 0.15) is 43.4 Å². The lowest BCUT2D eigenvalue weighted by molar-refractivity contribution is -0.138. The molecule has 20 heavy (non-hydrogen) atoms. The van der Waals surface area contributed by atoms with E-state index in [1.54, 1.807) is 0 Å². The summed E-state index contributed by atoms with van der Waals surface area (Å²) >= 11 is 7.79. The number of ether oxygens (including phenoxy) is 1. The molecule has 0 saturated carbocycles. The third-order valence-corrected chi connectivity index (χ3v) is 3.49. The SMILES string of the molecule is [2H]C1([2H])C(Nc2ccc(Cl)cc2I)=C(C(=O)OCC)C([2H])([2H])C([2H])([2H])C1([2H])[2H]. The van der Waals surface area contributed by atoms with Gasteiger partial charge in [-0.3, -0.25) is 0 Å². The highest BCUT2D eigenvalue weighted by Crippen LogP contribution is 2.30. The molecule has 1 aromatic carbocycles. The number of allylic oxidation sites excluding steroid dienone is 1. The predicted molar refractivity (Wildman–Crippen MR) is 89.9 cm³/mol. The molecular formula is C15H17ClINO2.